The number of amides is 1. The van der Waals surface area contributed by atoms with Gasteiger partial charge in [0.2, 0.25) is 5.91 Å². The summed E-state index contributed by atoms with van der Waals surface area (Å²) in [6, 6.07) is 21.4. The van der Waals surface area contributed by atoms with E-state index in [1.807, 2.05) is 19.1 Å². The third-order valence-corrected chi connectivity index (χ3v) is 5.00. The fourth-order valence-corrected chi connectivity index (χ4v) is 3.27. The normalized spacial score (nSPS) is 10.5. The highest BCUT2D eigenvalue weighted by atomic mass is 16.5. The Balaban J connectivity index is 1.38. The third-order valence-electron chi connectivity index (χ3n) is 5.00. The summed E-state index contributed by atoms with van der Waals surface area (Å²) in [4.78, 5) is 29.3. The van der Waals surface area contributed by atoms with Gasteiger partial charge in [0, 0.05) is 18.7 Å². The van der Waals surface area contributed by atoms with Gasteiger partial charge >= 0.3 is 0 Å². The van der Waals surface area contributed by atoms with Crippen LogP contribution >= 0.6 is 0 Å². The van der Waals surface area contributed by atoms with Crippen molar-refractivity contribution in [3.63, 3.8) is 0 Å². The number of para-hydroxylation sites is 1. The van der Waals surface area contributed by atoms with Crippen LogP contribution in [0.15, 0.2) is 77.9 Å². The van der Waals surface area contributed by atoms with Crippen LogP contribution in [0.1, 0.15) is 17.5 Å². The van der Waals surface area contributed by atoms with Gasteiger partial charge in [-0.15, -0.1) is 0 Å². The van der Waals surface area contributed by atoms with E-state index in [1.54, 1.807) is 54.6 Å². The van der Waals surface area contributed by atoms with E-state index in [9.17, 15) is 9.59 Å². The molecular formula is C25H20N4O3. The van der Waals surface area contributed by atoms with Crippen molar-refractivity contribution < 1.29 is 9.53 Å². The number of aromatic nitrogens is 2. The first kappa shape index (κ1) is 20.8. The number of carbonyl (C=O) groups excluding carboxylic acids is 1. The molecule has 0 spiro atoms. The zero-order chi connectivity index (χ0) is 22.5. The highest BCUT2D eigenvalue weighted by Crippen LogP contribution is 2.26. The predicted octanol–water partition coefficient (Wildman–Crippen LogP) is 4.40. The van der Waals surface area contributed by atoms with Crippen LogP contribution in [0.3, 0.4) is 0 Å². The molecule has 0 radical (unpaired) electrons. The Morgan fingerprint density at radius 1 is 1.09 bits per heavy atom. The van der Waals surface area contributed by atoms with E-state index in [4.69, 9.17) is 10.00 Å². The Labute approximate surface area is 184 Å². The highest BCUT2D eigenvalue weighted by Gasteiger charge is 2.09. The number of hydrogen-bond donors (Lipinski definition) is 1. The van der Waals surface area contributed by atoms with E-state index in [0.717, 1.165) is 5.56 Å². The van der Waals surface area contributed by atoms with Gasteiger partial charge < -0.3 is 10.1 Å². The van der Waals surface area contributed by atoms with Crippen LogP contribution in [0.5, 0.6) is 11.5 Å². The predicted molar refractivity (Wildman–Crippen MR) is 122 cm³/mol. The molecule has 32 heavy (non-hydrogen) atoms. The lowest BCUT2D eigenvalue weighted by Gasteiger charge is -2.12. The number of benzene rings is 3. The molecule has 4 rings (SSSR count). The first-order valence-corrected chi connectivity index (χ1v) is 10.1. The second-order valence-corrected chi connectivity index (χ2v) is 7.27. The molecule has 0 saturated heterocycles. The van der Waals surface area contributed by atoms with E-state index in [1.165, 1.54) is 10.9 Å². The third kappa shape index (κ3) is 4.65. The summed E-state index contributed by atoms with van der Waals surface area (Å²) in [5, 5.41) is 12.3. The fourth-order valence-electron chi connectivity index (χ4n) is 3.27. The summed E-state index contributed by atoms with van der Waals surface area (Å²) in [7, 11) is 0. The second kappa shape index (κ2) is 9.14. The molecule has 0 aliphatic rings. The van der Waals surface area contributed by atoms with Crippen LogP contribution in [-0.4, -0.2) is 15.5 Å². The van der Waals surface area contributed by atoms with Crippen LogP contribution in [-0.2, 0) is 11.3 Å². The summed E-state index contributed by atoms with van der Waals surface area (Å²) in [6.45, 7) is 2.11. The van der Waals surface area contributed by atoms with Crippen molar-refractivity contribution in [1.82, 2.24) is 9.55 Å². The maximum atomic E-state index is 12.5. The van der Waals surface area contributed by atoms with Gasteiger partial charge in [-0.3, -0.25) is 14.2 Å². The smallest absolute Gasteiger partial charge is 0.261 e. The molecule has 1 aromatic heterocycles. The molecule has 1 amide bonds. The molecule has 3 aromatic carbocycles. The molecule has 7 heteroatoms. The molecule has 0 bridgehead atoms. The van der Waals surface area contributed by atoms with E-state index in [2.05, 4.69) is 16.4 Å². The highest BCUT2D eigenvalue weighted by molar-refractivity contribution is 5.91. The van der Waals surface area contributed by atoms with E-state index in [0.29, 0.717) is 33.7 Å². The SMILES string of the molecule is Cc1cc(Oc2ccc(C#N)cc2)ccc1NC(=O)CCn1cnc2ccccc2c1=O. The number of nitrogens with one attached hydrogen (secondary N) is 1. The van der Waals surface area contributed by atoms with Gasteiger partial charge in [0.25, 0.3) is 5.56 Å². The second-order valence-electron chi connectivity index (χ2n) is 7.27. The molecule has 0 aliphatic carbocycles. The molecule has 0 unspecified atom stereocenters. The lowest BCUT2D eigenvalue weighted by Crippen LogP contribution is -2.23. The van der Waals surface area contributed by atoms with E-state index in [-0.39, 0.29) is 24.4 Å². The first-order valence-electron chi connectivity index (χ1n) is 10.1. The van der Waals surface area contributed by atoms with Crippen molar-refractivity contribution in [3.8, 4) is 17.6 Å². The minimum absolute atomic E-state index is 0.142. The zero-order valence-corrected chi connectivity index (χ0v) is 17.4. The molecule has 0 aliphatic heterocycles. The van der Waals surface area contributed by atoms with Gasteiger partial charge in [-0.25, -0.2) is 4.98 Å². The number of nitriles is 1. The van der Waals surface area contributed by atoms with Crippen LogP contribution < -0.4 is 15.6 Å². The van der Waals surface area contributed by atoms with Gasteiger partial charge in [0.1, 0.15) is 11.5 Å². The Kier molecular flexibility index (Phi) is 5.95. The Morgan fingerprint density at radius 2 is 1.84 bits per heavy atom. The lowest BCUT2D eigenvalue weighted by atomic mass is 10.2. The van der Waals surface area contributed by atoms with E-state index < -0.39 is 0 Å². The molecule has 0 saturated carbocycles. The summed E-state index contributed by atoms with van der Waals surface area (Å²) in [5.74, 6) is 1.04. The standard InChI is InChI=1S/C25H20N4O3/c1-17-14-20(32-19-8-6-18(15-26)7-9-19)10-11-22(17)28-24(30)12-13-29-16-27-23-5-3-2-4-21(23)25(29)31/h2-11,14,16H,12-13H2,1H3,(H,28,30). The molecular weight excluding hydrogens is 404 g/mol. The van der Waals surface area contributed by atoms with Gasteiger partial charge in [-0.05, 0) is 67.1 Å². The summed E-state index contributed by atoms with van der Waals surface area (Å²) < 4.78 is 7.25. The van der Waals surface area contributed by atoms with Crippen molar-refractivity contribution in [3.05, 3.63) is 94.5 Å². The lowest BCUT2D eigenvalue weighted by molar-refractivity contribution is -0.116. The minimum atomic E-state index is -0.200. The van der Waals surface area contributed by atoms with Crippen molar-refractivity contribution in [2.24, 2.45) is 0 Å². The zero-order valence-electron chi connectivity index (χ0n) is 17.4. The minimum Gasteiger partial charge on any atom is -0.457 e. The van der Waals surface area contributed by atoms with Crippen molar-refractivity contribution in [1.29, 1.82) is 5.26 Å². The Bertz CT molecular complexity index is 1390. The van der Waals surface area contributed by atoms with Crippen molar-refractivity contribution in [2.75, 3.05) is 5.32 Å². The van der Waals surface area contributed by atoms with Gasteiger partial charge in [0.05, 0.1) is 28.9 Å². The topological polar surface area (TPSA) is 97.0 Å². The van der Waals surface area contributed by atoms with E-state index >= 15 is 0 Å². The largest absolute Gasteiger partial charge is 0.457 e. The molecule has 4 aromatic rings. The molecule has 158 valence electrons. The van der Waals surface area contributed by atoms with Crippen LogP contribution in [0.2, 0.25) is 0 Å². The molecule has 1 heterocycles. The number of carbonyl (C=O) groups is 1. The van der Waals surface area contributed by atoms with Crippen LogP contribution in [0.25, 0.3) is 10.9 Å². The first-order chi connectivity index (χ1) is 15.5. The number of aryl methyl sites for hydroxylation is 2. The average Bonchev–Trinajstić information content (AvgIpc) is 2.81. The molecule has 0 atom stereocenters. The van der Waals surface area contributed by atoms with Crippen molar-refractivity contribution in [2.45, 2.75) is 19.9 Å². The summed E-state index contributed by atoms with van der Waals surface area (Å²) >= 11 is 0. The van der Waals surface area contributed by atoms with Gasteiger partial charge in [0.15, 0.2) is 0 Å². The quantitative estimate of drug-likeness (QED) is 0.495. The average molecular weight is 424 g/mol. The molecule has 7 nitrogen and oxygen atoms in total. The Morgan fingerprint density at radius 3 is 2.59 bits per heavy atom. The molecule has 1 N–H and O–H groups in total. The summed E-state index contributed by atoms with van der Waals surface area (Å²) in [5.41, 5.74) is 2.55. The van der Waals surface area contributed by atoms with Crippen LogP contribution in [0, 0.1) is 18.3 Å². The summed E-state index contributed by atoms with van der Waals surface area (Å²) in [6.07, 6.45) is 1.61. The number of hydrogen-bond acceptors (Lipinski definition) is 5. The van der Waals surface area contributed by atoms with Gasteiger partial charge in [-0.1, -0.05) is 12.1 Å². The number of anilines is 1. The fraction of sp³-hybridized carbons (Fsp3) is 0.120. The van der Waals surface area contributed by atoms with Gasteiger partial charge in [-0.2, -0.15) is 5.26 Å². The number of ether oxygens (including phenoxy) is 1. The number of rotatable bonds is 6. The monoisotopic (exact) mass is 424 g/mol. The maximum absolute atomic E-state index is 12.5. The van der Waals surface area contributed by atoms with Crippen LogP contribution in [0.4, 0.5) is 5.69 Å². The Hall–Kier alpha value is -4.44. The maximum Gasteiger partial charge on any atom is 0.261 e. The molecule has 0 fully saturated rings. The number of fused-ring (bicyclic) bond motifs is 1. The number of nitrogens with zero attached hydrogens (tertiary/aromatic N) is 3. The van der Waals surface area contributed by atoms with Crippen molar-refractivity contribution >= 4 is 22.5 Å².